The number of aromatic nitrogens is 1. The van der Waals surface area contributed by atoms with E-state index in [1.54, 1.807) is 7.11 Å². The first-order valence-electron chi connectivity index (χ1n) is 7.59. The number of aromatic amines is 1. The van der Waals surface area contributed by atoms with E-state index < -0.39 is 0 Å². The SMILES string of the molecule is COc1ccc(-c2cc(-c3ccc(C)cc3)c(C#N)c(N)[nH+]2)cc1. The minimum absolute atomic E-state index is 0.362. The lowest BCUT2D eigenvalue weighted by Crippen LogP contribution is -2.16. The predicted octanol–water partition coefficient (Wildman–Crippen LogP) is 3.61. The van der Waals surface area contributed by atoms with Gasteiger partial charge < -0.3 is 4.74 Å². The zero-order valence-electron chi connectivity index (χ0n) is 13.6. The molecular weight excluding hydrogens is 298 g/mol. The maximum absolute atomic E-state index is 9.48. The number of rotatable bonds is 3. The number of methoxy groups -OCH3 is 1. The summed E-state index contributed by atoms with van der Waals surface area (Å²) in [4.78, 5) is 3.12. The Kier molecular flexibility index (Phi) is 4.17. The van der Waals surface area contributed by atoms with Gasteiger partial charge in [-0.2, -0.15) is 5.26 Å². The highest BCUT2D eigenvalue weighted by Gasteiger charge is 2.17. The van der Waals surface area contributed by atoms with Crippen molar-refractivity contribution in [3.05, 3.63) is 65.7 Å². The molecule has 1 heterocycles. The van der Waals surface area contributed by atoms with Crippen molar-refractivity contribution in [2.45, 2.75) is 6.92 Å². The van der Waals surface area contributed by atoms with Crippen LogP contribution in [0.3, 0.4) is 0 Å². The fraction of sp³-hybridized carbons (Fsp3) is 0.100. The van der Waals surface area contributed by atoms with E-state index in [1.807, 2.05) is 61.5 Å². The normalized spacial score (nSPS) is 10.2. The number of nitrogens with one attached hydrogen (secondary N) is 1. The molecule has 3 aromatic rings. The van der Waals surface area contributed by atoms with Gasteiger partial charge in [-0.15, -0.1) is 0 Å². The number of ether oxygens (including phenoxy) is 1. The van der Waals surface area contributed by atoms with Crippen LogP contribution in [0.5, 0.6) is 5.75 Å². The quantitative estimate of drug-likeness (QED) is 0.802. The van der Waals surface area contributed by atoms with E-state index in [1.165, 1.54) is 5.56 Å². The minimum Gasteiger partial charge on any atom is -0.497 e. The van der Waals surface area contributed by atoms with Crippen molar-refractivity contribution in [1.82, 2.24) is 0 Å². The molecule has 0 radical (unpaired) electrons. The van der Waals surface area contributed by atoms with Gasteiger partial charge >= 0.3 is 0 Å². The summed E-state index contributed by atoms with van der Waals surface area (Å²) in [7, 11) is 1.64. The lowest BCUT2D eigenvalue weighted by atomic mass is 9.98. The molecule has 0 bridgehead atoms. The van der Waals surface area contributed by atoms with E-state index in [4.69, 9.17) is 10.5 Å². The number of benzene rings is 2. The van der Waals surface area contributed by atoms with Crippen molar-refractivity contribution in [2.24, 2.45) is 0 Å². The fourth-order valence-electron chi connectivity index (χ4n) is 2.61. The van der Waals surface area contributed by atoms with Gasteiger partial charge in [-0.3, -0.25) is 5.73 Å². The third kappa shape index (κ3) is 2.92. The number of hydrogen-bond donors (Lipinski definition) is 1. The molecule has 0 fully saturated rings. The molecule has 0 saturated heterocycles. The Labute approximate surface area is 141 Å². The third-order valence-electron chi connectivity index (χ3n) is 3.97. The number of anilines is 1. The van der Waals surface area contributed by atoms with Gasteiger partial charge in [0.1, 0.15) is 23.1 Å². The van der Waals surface area contributed by atoms with Crippen LogP contribution in [0, 0.1) is 18.3 Å². The first kappa shape index (κ1) is 15.6. The van der Waals surface area contributed by atoms with E-state index >= 15 is 0 Å². The van der Waals surface area contributed by atoms with E-state index in [9.17, 15) is 5.26 Å². The standard InChI is InChI=1S/C20H17N3O/c1-13-3-5-14(6-4-13)17-11-19(23-20(22)18(17)12-21)15-7-9-16(24-2)10-8-15/h3-11H,1-2H3,(H2,22,23)/p+1. The minimum atomic E-state index is 0.362. The van der Waals surface area contributed by atoms with Crippen LogP contribution in [0.15, 0.2) is 54.6 Å². The van der Waals surface area contributed by atoms with E-state index in [2.05, 4.69) is 11.1 Å². The number of nitrogen functional groups attached to an aromatic ring is 1. The molecule has 4 heteroatoms. The average molecular weight is 316 g/mol. The van der Waals surface area contributed by atoms with Crippen LogP contribution in [0.2, 0.25) is 0 Å². The number of aryl methyl sites for hydroxylation is 1. The molecule has 0 unspecified atom stereocenters. The molecule has 2 aromatic carbocycles. The van der Waals surface area contributed by atoms with E-state index in [-0.39, 0.29) is 0 Å². The maximum atomic E-state index is 9.48. The molecule has 1 aromatic heterocycles. The fourth-order valence-corrected chi connectivity index (χ4v) is 2.61. The molecule has 0 aliphatic carbocycles. The summed E-state index contributed by atoms with van der Waals surface area (Å²) in [5.74, 6) is 1.15. The summed E-state index contributed by atoms with van der Waals surface area (Å²) in [6, 6.07) is 19.9. The molecule has 0 amide bonds. The Morgan fingerprint density at radius 2 is 1.62 bits per heavy atom. The number of nitriles is 1. The molecule has 3 rings (SSSR count). The van der Waals surface area contributed by atoms with Gasteiger partial charge in [-0.25, -0.2) is 4.98 Å². The molecular formula is C20H18N3O+. The maximum Gasteiger partial charge on any atom is 0.289 e. The largest absolute Gasteiger partial charge is 0.497 e. The topological polar surface area (TPSA) is 73.2 Å². The van der Waals surface area contributed by atoms with Crippen LogP contribution in [0.4, 0.5) is 5.82 Å². The number of nitrogens with two attached hydrogens (primary N) is 1. The van der Waals surface area contributed by atoms with E-state index in [0.717, 1.165) is 28.1 Å². The van der Waals surface area contributed by atoms with Gasteiger partial charge in [0, 0.05) is 11.1 Å². The number of pyridine rings is 1. The first-order chi connectivity index (χ1) is 11.6. The summed E-state index contributed by atoms with van der Waals surface area (Å²) in [6.45, 7) is 2.03. The lowest BCUT2D eigenvalue weighted by Gasteiger charge is -2.08. The Balaban J connectivity index is 2.15. The van der Waals surface area contributed by atoms with Crippen molar-refractivity contribution in [1.29, 1.82) is 5.26 Å². The van der Waals surface area contributed by atoms with Crippen molar-refractivity contribution in [3.8, 4) is 34.2 Å². The second kappa shape index (κ2) is 6.43. The number of hydrogen-bond acceptors (Lipinski definition) is 3. The molecule has 24 heavy (non-hydrogen) atoms. The van der Waals surface area contributed by atoms with Gasteiger partial charge in [-0.05, 0) is 42.8 Å². The van der Waals surface area contributed by atoms with Crippen molar-refractivity contribution in [3.63, 3.8) is 0 Å². The van der Waals surface area contributed by atoms with Crippen molar-refractivity contribution < 1.29 is 9.72 Å². The summed E-state index contributed by atoms with van der Waals surface area (Å²) in [5.41, 5.74) is 11.3. The lowest BCUT2D eigenvalue weighted by molar-refractivity contribution is -0.346. The van der Waals surface area contributed by atoms with Crippen LogP contribution in [0.1, 0.15) is 11.1 Å². The zero-order valence-corrected chi connectivity index (χ0v) is 13.6. The van der Waals surface area contributed by atoms with Crippen molar-refractivity contribution >= 4 is 5.82 Å². The summed E-state index contributed by atoms with van der Waals surface area (Å²) >= 11 is 0. The Hall–Kier alpha value is -3.32. The number of H-pyrrole nitrogens is 1. The predicted molar refractivity (Wildman–Crippen MR) is 94.3 cm³/mol. The summed E-state index contributed by atoms with van der Waals surface area (Å²) in [5, 5.41) is 9.48. The highest BCUT2D eigenvalue weighted by molar-refractivity contribution is 5.77. The Bertz CT molecular complexity index is 907. The Morgan fingerprint density at radius 1 is 1.00 bits per heavy atom. The zero-order chi connectivity index (χ0) is 17.1. The highest BCUT2D eigenvalue weighted by Crippen LogP contribution is 2.29. The van der Waals surface area contributed by atoms with E-state index in [0.29, 0.717) is 11.4 Å². The molecule has 0 atom stereocenters. The number of nitrogens with zero attached hydrogens (tertiary/aromatic N) is 1. The molecule has 3 N–H and O–H groups in total. The smallest absolute Gasteiger partial charge is 0.289 e. The van der Waals surface area contributed by atoms with Gasteiger partial charge in [-0.1, -0.05) is 29.8 Å². The van der Waals surface area contributed by atoms with Crippen LogP contribution < -0.4 is 15.5 Å². The average Bonchev–Trinajstić information content (AvgIpc) is 2.62. The van der Waals surface area contributed by atoms with Gasteiger partial charge in [0.15, 0.2) is 0 Å². The molecule has 0 saturated carbocycles. The summed E-state index contributed by atoms with van der Waals surface area (Å²) < 4.78 is 5.19. The van der Waals surface area contributed by atoms with Gasteiger partial charge in [0.25, 0.3) is 5.82 Å². The molecule has 4 nitrogen and oxygen atoms in total. The third-order valence-corrected chi connectivity index (χ3v) is 3.97. The molecule has 0 aliphatic heterocycles. The highest BCUT2D eigenvalue weighted by atomic mass is 16.5. The summed E-state index contributed by atoms with van der Waals surface area (Å²) in [6.07, 6.45) is 0. The van der Waals surface area contributed by atoms with Crippen molar-refractivity contribution in [2.75, 3.05) is 12.8 Å². The van der Waals surface area contributed by atoms with Crippen LogP contribution in [-0.2, 0) is 0 Å². The Morgan fingerprint density at radius 3 is 2.21 bits per heavy atom. The van der Waals surface area contributed by atoms with Gasteiger partial charge in [0.05, 0.1) is 7.11 Å². The van der Waals surface area contributed by atoms with Crippen LogP contribution >= 0.6 is 0 Å². The molecule has 118 valence electrons. The van der Waals surface area contributed by atoms with Gasteiger partial charge in [0.2, 0.25) is 0 Å². The van der Waals surface area contributed by atoms with Crippen LogP contribution in [-0.4, -0.2) is 7.11 Å². The molecule has 0 spiro atoms. The second-order valence-electron chi connectivity index (χ2n) is 5.59. The monoisotopic (exact) mass is 316 g/mol. The molecule has 0 aliphatic rings. The van der Waals surface area contributed by atoms with Crippen LogP contribution in [0.25, 0.3) is 22.4 Å². The first-order valence-corrected chi connectivity index (χ1v) is 7.59. The second-order valence-corrected chi connectivity index (χ2v) is 5.59.